The van der Waals surface area contributed by atoms with Crippen LogP contribution in [0.5, 0.6) is 0 Å². The zero-order valence-corrected chi connectivity index (χ0v) is 17.4. The minimum Gasteiger partial charge on any atom is -0.460 e. The number of carbonyl (C=O) groups is 1. The van der Waals surface area contributed by atoms with Gasteiger partial charge in [-0.15, -0.1) is 0 Å². The van der Waals surface area contributed by atoms with Gasteiger partial charge in [0.25, 0.3) is 0 Å². The lowest BCUT2D eigenvalue weighted by atomic mass is 10.0. The molecule has 0 atom stereocenters. The molecule has 0 aromatic rings. The number of hydrogen-bond acceptors (Lipinski definition) is 2. The fourth-order valence-electron chi connectivity index (χ4n) is 2.70. The highest BCUT2D eigenvalue weighted by Gasteiger charge is 2.15. The summed E-state index contributed by atoms with van der Waals surface area (Å²) in [5, 5.41) is 1.16. The summed E-state index contributed by atoms with van der Waals surface area (Å²) < 4.78 is 5.31. The summed E-state index contributed by atoms with van der Waals surface area (Å²) in [6.45, 7) is 5.77. The molecule has 3 heteroatoms. The minimum absolute atomic E-state index is 0.0476. The first kappa shape index (κ1) is 22.9. The molecule has 138 valence electrons. The van der Waals surface area contributed by atoms with E-state index in [1.807, 2.05) is 20.8 Å². The van der Waals surface area contributed by atoms with Gasteiger partial charge in [-0.2, -0.15) is 0 Å². The Labute approximate surface area is 153 Å². The number of ether oxygens (including phenoxy) is 1. The third kappa shape index (κ3) is 19.9. The standard InChI is InChI=1S/C20H39BrO2/c1-20(2,3)23-19(22)17-15-13-11-9-7-5-4-6-8-10-12-14-16-18-21/h4-18H2,1-3H3. The molecule has 0 heterocycles. The van der Waals surface area contributed by atoms with Crippen LogP contribution in [-0.2, 0) is 9.53 Å². The molecule has 0 fully saturated rings. The normalized spacial score (nSPS) is 11.7. The van der Waals surface area contributed by atoms with Gasteiger partial charge in [0.05, 0.1) is 0 Å². The van der Waals surface area contributed by atoms with Crippen LogP contribution in [0.1, 0.15) is 111 Å². The van der Waals surface area contributed by atoms with E-state index in [2.05, 4.69) is 15.9 Å². The summed E-state index contributed by atoms with van der Waals surface area (Å²) in [5.74, 6) is -0.0476. The Bertz CT molecular complexity index is 271. The van der Waals surface area contributed by atoms with Crippen LogP contribution in [0, 0.1) is 0 Å². The van der Waals surface area contributed by atoms with Crippen LogP contribution in [0.2, 0.25) is 0 Å². The Kier molecular flexibility index (Phi) is 15.4. The molecule has 0 saturated carbocycles. The first-order valence-electron chi connectivity index (χ1n) is 9.73. The van der Waals surface area contributed by atoms with Crippen LogP contribution in [0.15, 0.2) is 0 Å². The molecule has 0 bridgehead atoms. The lowest BCUT2D eigenvalue weighted by Crippen LogP contribution is -2.23. The lowest BCUT2D eigenvalue weighted by molar-refractivity contribution is -0.154. The number of rotatable bonds is 15. The van der Waals surface area contributed by atoms with Crippen LogP contribution < -0.4 is 0 Å². The summed E-state index contributed by atoms with van der Waals surface area (Å²) in [5.41, 5.74) is -0.342. The Hall–Kier alpha value is -0.0500. The minimum atomic E-state index is -0.342. The number of carbonyl (C=O) groups excluding carboxylic acids is 1. The Morgan fingerprint density at radius 2 is 1.04 bits per heavy atom. The predicted molar refractivity (Wildman–Crippen MR) is 104 cm³/mol. The molecular weight excluding hydrogens is 352 g/mol. The molecule has 0 amide bonds. The van der Waals surface area contributed by atoms with Crippen molar-refractivity contribution in [3.63, 3.8) is 0 Å². The van der Waals surface area contributed by atoms with Crippen molar-refractivity contribution in [1.29, 1.82) is 0 Å². The Morgan fingerprint density at radius 1 is 0.696 bits per heavy atom. The highest BCUT2D eigenvalue weighted by Crippen LogP contribution is 2.14. The SMILES string of the molecule is CC(C)(C)OC(=O)CCCCCCCCCCCCCCCBr. The smallest absolute Gasteiger partial charge is 0.306 e. The largest absolute Gasteiger partial charge is 0.460 e. The first-order valence-corrected chi connectivity index (χ1v) is 10.9. The molecule has 0 aliphatic heterocycles. The molecule has 0 aromatic carbocycles. The zero-order chi connectivity index (χ0) is 17.4. The van der Waals surface area contributed by atoms with Crippen molar-refractivity contribution in [2.75, 3.05) is 5.33 Å². The maximum atomic E-state index is 11.6. The van der Waals surface area contributed by atoms with Crippen molar-refractivity contribution in [3.8, 4) is 0 Å². The van der Waals surface area contributed by atoms with E-state index in [1.54, 1.807) is 0 Å². The molecule has 0 N–H and O–H groups in total. The molecule has 0 aliphatic rings. The van der Waals surface area contributed by atoms with E-state index < -0.39 is 0 Å². The van der Waals surface area contributed by atoms with Gasteiger partial charge >= 0.3 is 5.97 Å². The third-order valence-corrected chi connectivity index (χ3v) is 4.50. The van der Waals surface area contributed by atoms with Gasteiger partial charge in [0.1, 0.15) is 5.60 Å². The summed E-state index contributed by atoms with van der Waals surface area (Å²) in [6, 6.07) is 0. The van der Waals surface area contributed by atoms with Crippen LogP contribution in [-0.4, -0.2) is 16.9 Å². The summed E-state index contributed by atoms with van der Waals surface area (Å²) in [7, 11) is 0. The summed E-state index contributed by atoms with van der Waals surface area (Å²) in [4.78, 5) is 11.6. The van der Waals surface area contributed by atoms with E-state index in [0.717, 1.165) is 18.2 Å². The average Bonchev–Trinajstić information content (AvgIpc) is 2.46. The van der Waals surface area contributed by atoms with Gasteiger partial charge in [0, 0.05) is 11.8 Å². The zero-order valence-electron chi connectivity index (χ0n) is 15.8. The van der Waals surface area contributed by atoms with Crippen molar-refractivity contribution in [2.24, 2.45) is 0 Å². The van der Waals surface area contributed by atoms with E-state index in [4.69, 9.17) is 4.74 Å². The molecule has 0 aromatic heterocycles. The van der Waals surface area contributed by atoms with E-state index in [0.29, 0.717) is 6.42 Å². The lowest BCUT2D eigenvalue weighted by Gasteiger charge is -2.19. The monoisotopic (exact) mass is 390 g/mol. The van der Waals surface area contributed by atoms with Crippen molar-refractivity contribution in [1.82, 2.24) is 0 Å². The van der Waals surface area contributed by atoms with E-state index in [-0.39, 0.29) is 11.6 Å². The maximum Gasteiger partial charge on any atom is 0.306 e. The highest BCUT2D eigenvalue weighted by atomic mass is 79.9. The van der Waals surface area contributed by atoms with Crippen molar-refractivity contribution in [2.45, 2.75) is 116 Å². The maximum absolute atomic E-state index is 11.6. The van der Waals surface area contributed by atoms with Gasteiger partial charge in [0.15, 0.2) is 0 Å². The molecule has 0 aliphatic carbocycles. The number of halogens is 1. The molecule has 0 spiro atoms. The van der Waals surface area contributed by atoms with E-state index in [1.165, 1.54) is 70.6 Å². The van der Waals surface area contributed by atoms with Gasteiger partial charge in [0.2, 0.25) is 0 Å². The fourth-order valence-corrected chi connectivity index (χ4v) is 3.10. The molecule has 23 heavy (non-hydrogen) atoms. The summed E-state index contributed by atoms with van der Waals surface area (Å²) in [6.07, 6.45) is 17.8. The predicted octanol–water partition coefficient (Wildman–Crippen LogP) is 7.18. The van der Waals surface area contributed by atoms with Crippen LogP contribution in [0.3, 0.4) is 0 Å². The average molecular weight is 391 g/mol. The topological polar surface area (TPSA) is 26.3 Å². The number of hydrogen-bond donors (Lipinski definition) is 0. The van der Waals surface area contributed by atoms with Gasteiger partial charge in [-0.05, 0) is 33.6 Å². The van der Waals surface area contributed by atoms with Crippen LogP contribution >= 0.6 is 15.9 Å². The molecule has 0 radical (unpaired) electrons. The van der Waals surface area contributed by atoms with Gasteiger partial charge < -0.3 is 4.74 Å². The molecule has 0 unspecified atom stereocenters. The number of alkyl halides is 1. The molecule has 0 saturated heterocycles. The molecular formula is C20H39BrO2. The second-order valence-electron chi connectivity index (χ2n) is 7.62. The van der Waals surface area contributed by atoms with E-state index in [9.17, 15) is 4.79 Å². The molecule has 2 nitrogen and oxygen atoms in total. The van der Waals surface area contributed by atoms with Crippen molar-refractivity contribution < 1.29 is 9.53 Å². The first-order chi connectivity index (χ1) is 11.0. The number of esters is 1. The fraction of sp³-hybridized carbons (Fsp3) is 0.950. The van der Waals surface area contributed by atoms with Crippen LogP contribution in [0.4, 0.5) is 0 Å². The quantitative estimate of drug-likeness (QED) is 0.168. The second kappa shape index (κ2) is 15.5. The van der Waals surface area contributed by atoms with Crippen molar-refractivity contribution in [3.05, 3.63) is 0 Å². The second-order valence-corrected chi connectivity index (χ2v) is 8.41. The van der Waals surface area contributed by atoms with E-state index >= 15 is 0 Å². The van der Waals surface area contributed by atoms with Crippen molar-refractivity contribution >= 4 is 21.9 Å². The molecule has 0 rings (SSSR count). The highest BCUT2D eigenvalue weighted by molar-refractivity contribution is 9.09. The Morgan fingerprint density at radius 3 is 1.39 bits per heavy atom. The third-order valence-electron chi connectivity index (χ3n) is 3.93. The van der Waals surface area contributed by atoms with Gasteiger partial charge in [-0.3, -0.25) is 4.79 Å². The number of unbranched alkanes of at least 4 members (excludes halogenated alkanes) is 12. The van der Waals surface area contributed by atoms with Gasteiger partial charge in [-0.25, -0.2) is 0 Å². The van der Waals surface area contributed by atoms with Crippen LogP contribution in [0.25, 0.3) is 0 Å². The summed E-state index contributed by atoms with van der Waals surface area (Å²) >= 11 is 3.48. The Balaban J connectivity index is 3.15. The van der Waals surface area contributed by atoms with Gasteiger partial charge in [-0.1, -0.05) is 86.6 Å².